The van der Waals surface area contributed by atoms with E-state index >= 15 is 4.79 Å². The van der Waals surface area contributed by atoms with Crippen LogP contribution in [0.15, 0.2) is 36.4 Å². The van der Waals surface area contributed by atoms with Gasteiger partial charge in [-0.1, -0.05) is 25.3 Å². The molecule has 3 aliphatic carbocycles. The van der Waals surface area contributed by atoms with Crippen LogP contribution in [0.4, 0.5) is 4.79 Å². The van der Waals surface area contributed by atoms with E-state index in [2.05, 4.69) is 31.2 Å². The molecule has 0 spiro atoms. The van der Waals surface area contributed by atoms with Gasteiger partial charge in [0, 0.05) is 98.7 Å². The minimum atomic E-state index is -4.00. The standard InChI is InChI=1S/C42H52N6O7S/c1-44(2)56(52,53)43-37(49)28-9-11-31-34(19-28)48-26-42(21-33(42)32-20-29(54-3)10-12-30(32)36(48)35(31)27-7-5-4-6-8-27)38(50)46-22-40-13-14-41(40,23-46)25-47(24-40)39(51)45-15-17-55-18-16-45/h9-12,19-20,27,33H,4-8,13-18,21-26H2,1-3H3,(H,43,49)/t33-,40?,41?,42-/m0/s1. The van der Waals surface area contributed by atoms with Crippen molar-refractivity contribution in [3.63, 3.8) is 0 Å². The highest BCUT2D eigenvalue weighted by Gasteiger charge is 2.72. The number of rotatable bonds is 6. The lowest BCUT2D eigenvalue weighted by Gasteiger charge is -2.48. The summed E-state index contributed by atoms with van der Waals surface area (Å²) in [6.07, 6.45) is 8.39. The number of urea groups is 1. The molecule has 3 aromatic rings. The van der Waals surface area contributed by atoms with E-state index in [1.165, 1.54) is 26.1 Å². The fraction of sp³-hybridized carbons (Fsp3) is 0.595. The number of likely N-dealkylation sites (tertiary alicyclic amines) is 2. The summed E-state index contributed by atoms with van der Waals surface area (Å²) in [7, 11) is 0.450. The number of benzene rings is 2. The molecule has 2 unspecified atom stereocenters. The topological polar surface area (TPSA) is 134 Å². The molecule has 10 rings (SSSR count). The molecule has 2 aromatic carbocycles. The summed E-state index contributed by atoms with van der Waals surface area (Å²) < 4.78 is 42.2. The minimum Gasteiger partial charge on any atom is -0.497 e. The van der Waals surface area contributed by atoms with Gasteiger partial charge < -0.3 is 28.7 Å². The van der Waals surface area contributed by atoms with Crippen LogP contribution in [0.2, 0.25) is 0 Å². The molecular formula is C42H52N6O7S. The number of ether oxygens (including phenoxy) is 2. The van der Waals surface area contributed by atoms with Crippen LogP contribution in [0.3, 0.4) is 0 Å². The van der Waals surface area contributed by atoms with E-state index in [1.54, 1.807) is 13.2 Å². The normalized spacial score (nSPS) is 29.5. The highest BCUT2D eigenvalue weighted by Crippen LogP contribution is 2.70. The fourth-order valence-corrected chi connectivity index (χ4v) is 12.3. The molecule has 1 N–H and O–H groups in total. The van der Waals surface area contributed by atoms with Gasteiger partial charge in [-0.05, 0) is 79.5 Å². The lowest BCUT2D eigenvalue weighted by Crippen LogP contribution is -2.49. The first-order chi connectivity index (χ1) is 26.9. The predicted molar refractivity (Wildman–Crippen MR) is 210 cm³/mol. The van der Waals surface area contributed by atoms with Gasteiger partial charge in [-0.15, -0.1) is 0 Å². The van der Waals surface area contributed by atoms with Crippen LogP contribution in [0.25, 0.3) is 22.2 Å². The number of aromatic nitrogens is 1. The summed E-state index contributed by atoms with van der Waals surface area (Å²) >= 11 is 0. The van der Waals surface area contributed by atoms with Crippen molar-refractivity contribution in [2.75, 3.05) is 73.7 Å². The molecule has 3 saturated carbocycles. The van der Waals surface area contributed by atoms with Crippen LogP contribution in [0.1, 0.15) is 84.7 Å². The van der Waals surface area contributed by atoms with Crippen molar-refractivity contribution >= 4 is 39.0 Å². The van der Waals surface area contributed by atoms with Gasteiger partial charge in [0.1, 0.15) is 5.75 Å². The Labute approximate surface area is 328 Å². The molecule has 3 saturated heterocycles. The number of carbonyl (C=O) groups is 3. The minimum absolute atomic E-state index is 0.00142. The summed E-state index contributed by atoms with van der Waals surface area (Å²) in [4.78, 5) is 48.6. The monoisotopic (exact) mass is 784 g/mol. The van der Waals surface area contributed by atoms with Crippen molar-refractivity contribution in [1.29, 1.82) is 0 Å². The van der Waals surface area contributed by atoms with E-state index < -0.39 is 21.5 Å². The largest absolute Gasteiger partial charge is 0.497 e. The summed E-state index contributed by atoms with van der Waals surface area (Å²) in [6.45, 7) is 5.56. The van der Waals surface area contributed by atoms with Gasteiger partial charge in [0.25, 0.3) is 5.91 Å². The number of nitrogens with zero attached hydrogens (tertiary/aromatic N) is 5. The van der Waals surface area contributed by atoms with E-state index in [0.29, 0.717) is 71.4 Å². The molecule has 14 heteroatoms. The lowest BCUT2D eigenvalue weighted by atomic mass is 9.53. The number of morpholine rings is 1. The van der Waals surface area contributed by atoms with Crippen LogP contribution in [0, 0.1) is 16.2 Å². The van der Waals surface area contributed by atoms with Crippen molar-refractivity contribution in [2.45, 2.75) is 69.7 Å². The number of hydrogen-bond acceptors (Lipinski definition) is 7. The number of carbonyl (C=O) groups excluding carboxylic acids is 3. The zero-order chi connectivity index (χ0) is 38.8. The molecule has 6 fully saturated rings. The van der Waals surface area contributed by atoms with Gasteiger partial charge in [0.15, 0.2) is 0 Å². The number of methoxy groups -OCH3 is 1. The summed E-state index contributed by atoms with van der Waals surface area (Å²) in [6, 6.07) is 11.9. The van der Waals surface area contributed by atoms with Crippen molar-refractivity contribution in [2.24, 2.45) is 16.2 Å². The van der Waals surface area contributed by atoms with Gasteiger partial charge in [-0.25, -0.2) is 9.52 Å². The summed E-state index contributed by atoms with van der Waals surface area (Å²) in [5.41, 5.74) is 4.87. The Hall–Kier alpha value is -4.14. The summed E-state index contributed by atoms with van der Waals surface area (Å²) in [5, 5.41) is 1.05. The second-order valence-corrected chi connectivity index (χ2v) is 19.8. The number of hydrogen-bond donors (Lipinski definition) is 1. The van der Waals surface area contributed by atoms with Crippen LogP contribution in [0.5, 0.6) is 5.75 Å². The average Bonchev–Trinajstić information content (AvgIpc) is 3.74. The van der Waals surface area contributed by atoms with Crippen LogP contribution >= 0.6 is 0 Å². The Bertz CT molecular complexity index is 2260. The molecule has 1 aromatic heterocycles. The average molecular weight is 785 g/mol. The quantitative estimate of drug-likeness (QED) is 0.381. The third-order valence-electron chi connectivity index (χ3n) is 14.9. The molecule has 4 amide bonds. The molecule has 4 aliphatic heterocycles. The molecular weight excluding hydrogens is 733 g/mol. The van der Waals surface area contributed by atoms with Gasteiger partial charge in [-0.2, -0.15) is 12.7 Å². The highest BCUT2D eigenvalue weighted by molar-refractivity contribution is 7.87. The third kappa shape index (κ3) is 5.23. The first-order valence-electron chi connectivity index (χ1n) is 20.4. The summed E-state index contributed by atoms with van der Waals surface area (Å²) in [5.74, 6) is 0.569. The number of nitrogens with one attached hydrogen (secondary N) is 1. The second kappa shape index (κ2) is 12.7. The zero-order valence-corrected chi connectivity index (χ0v) is 33.5. The van der Waals surface area contributed by atoms with Crippen LogP contribution in [-0.2, 0) is 26.3 Å². The molecule has 7 aliphatic rings. The maximum atomic E-state index is 15.4. The van der Waals surface area contributed by atoms with Crippen molar-refractivity contribution in [3.05, 3.63) is 53.1 Å². The molecule has 0 radical (unpaired) electrons. The van der Waals surface area contributed by atoms with E-state index in [1.807, 2.05) is 23.1 Å². The molecule has 13 nitrogen and oxygen atoms in total. The molecule has 5 heterocycles. The molecule has 0 bridgehead atoms. The molecule has 56 heavy (non-hydrogen) atoms. The maximum absolute atomic E-state index is 15.4. The maximum Gasteiger partial charge on any atom is 0.320 e. The van der Waals surface area contributed by atoms with E-state index in [0.717, 1.165) is 76.3 Å². The Morgan fingerprint density at radius 2 is 1.57 bits per heavy atom. The van der Waals surface area contributed by atoms with Gasteiger partial charge in [0.2, 0.25) is 5.91 Å². The lowest BCUT2D eigenvalue weighted by molar-refractivity contribution is -0.137. The highest BCUT2D eigenvalue weighted by atomic mass is 32.2. The van der Waals surface area contributed by atoms with Crippen LogP contribution < -0.4 is 9.46 Å². The zero-order valence-electron chi connectivity index (χ0n) is 32.6. The molecule has 4 atom stereocenters. The van der Waals surface area contributed by atoms with Crippen molar-refractivity contribution < 1.29 is 32.3 Å². The fourth-order valence-electron chi connectivity index (χ4n) is 11.7. The Balaban J connectivity index is 1.05. The first kappa shape index (κ1) is 36.2. The molecule has 298 valence electrons. The smallest absolute Gasteiger partial charge is 0.320 e. The van der Waals surface area contributed by atoms with Crippen LogP contribution in [-0.4, -0.2) is 124 Å². The number of amides is 4. The van der Waals surface area contributed by atoms with Crippen molar-refractivity contribution in [1.82, 2.24) is 28.3 Å². The first-order valence-corrected chi connectivity index (χ1v) is 21.8. The SMILES string of the molecule is COc1ccc2c(c1)[C@@H]1C[C@]1(C(=O)N1CC34CCC3(CN(C(=O)N3CCOCC3)C4)C1)Cn1c-2c(C2CCCCC2)c2ccc(C(=O)NS(=O)(=O)N(C)C)cc21. The number of fused-ring (bicyclic) bond motifs is 7. The van der Waals surface area contributed by atoms with Gasteiger partial charge in [0.05, 0.1) is 31.4 Å². The van der Waals surface area contributed by atoms with E-state index in [4.69, 9.17) is 9.47 Å². The van der Waals surface area contributed by atoms with Gasteiger partial charge in [-0.3, -0.25) is 9.59 Å². The van der Waals surface area contributed by atoms with E-state index in [9.17, 15) is 18.0 Å². The van der Waals surface area contributed by atoms with E-state index in [-0.39, 0.29) is 34.2 Å². The van der Waals surface area contributed by atoms with Crippen molar-refractivity contribution in [3.8, 4) is 17.0 Å². The Kier molecular flexibility index (Phi) is 8.20. The predicted octanol–water partition coefficient (Wildman–Crippen LogP) is 4.76. The van der Waals surface area contributed by atoms with Gasteiger partial charge >= 0.3 is 16.2 Å². The Morgan fingerprint density at radius 3 is 2.23 bits per heavy atom. The second-order valence-electron chi connectivity index (χ2n) is 18.0. The Morgan fingerprint density at radius 1 is 0.875 bits per heavy atom. The third-order valence-corrected chi connectivity index (χ3v) is 16.3.